The van der Waals surface area contributed by atoms with Crippen LogP contribution in [0, 0.1) is 11.3 Å². The number of hydrogen-bond donors (Lipinski definition) is 0. The molecule has 0 bridgehead atoms. The van der Waals surface area contributed by atoms with E-state index in [0.717, 1.165) is 11.8 Å². The molecule has 1 heteroatoms. The van der Waals surface area contributed by atoms with Gasteiger partial charge < -0.3 is 0 Å². The third-order valence-corrected chi connectivity index (χ3v) is 7.77. The van der Waals surface area contributed by atoms with Gasteiger partial charge in [0.15, 0.2) is 0 Å². The fourth-order valence-electron chi connectivity index (χ4n) is 4.57. The maximum atomic E-state index is 2.49. The maximum Gasteiger partial charge on any atom is 0.00991 e. The van der Waals surface area contributed by atoms with Crippen LogP contribution in [0.3, 0.4) is 0 Å². The number of hydrogen-bond acceptors (Lipinski definition) is 0. The van der Waals surface area contributed by atoms with Gasteiger partial charge in [-0.2, -0.15) is 0 Å². The van der Waals surface area contributed by atoms with Gasteiger partial charge in [0.1, 0.15) is 0 Å². The van der Waals surface area contributed by atoms with Gasteiger partial charge in [-0.25, -0.2) is 0 Å². The van der Waals surface area contributed by atoms with Crippen LogP contribution in [0.25, 0.3) is 22.0 Å². The average molecular weight is 387 g/mol. The van der Waals surface area contributed by atoms with E-state index in [-0.39, 0.29) is 0 Å². The summed E-state index contributed by atoms with van der Waals surface area (Å²) in [5.74, 6) is 1.60. The monoisotopic (exact) mass is 386 g/mol. The summed E-state index contributed by atoms with van der Waals surface area (Å²) in [6.07, 6.45) is 5.41. The van der Waals surface area contributed by atoms with Crippen LogP contribution in [0.4, 0.5) is 0 Å². The zero-order chi connectivity index (χ0) is 19.6. The van der Waals surface area contributed by atoms with Crippen molar-refractivity contribution in [1.29, 1.82) is 0 Å². The minimum atomic E-state index is 0.444. The van der Waals surface area contributed by atoms with Crippen LogP contribution < -0.4 is 0 Å². The summed E-state index contributed by atoms with van der Waals surface area (Å²) in [4.78, 5) is 0. The lowest BCUT2D eigenvalue weighted by Gasteiger charge is -2.37. The molecule has 3 aromatic rings. The van der Waals surface area contributed by atoms with Crippen LogP contribution >= 0.6 is 8.19 Å². The first-order valence-corrected chi connectivity index (χ1v) is 11.5. The molecule has 1 fully saturated rings. The van der Waals surface area contributed by atoms with Gasteiger partial charge in [0.2, 0.25) is 0 Å². The molecule has 2 aromatic carbocycles. The normalized spacial score (nSPS) is 20.4. The fraction of sp³-hybridized carbons (Fsp3) is 0.370. The topological polar surface area (TPSA) is 0 Å². The van der Waals surface area contributed by atoms with Gasteiger partial charge >= 0.3 is 0 Å². The predicted octanol–water partition coefficient (Wildman–Crippen LogP) is 8.92. The van der Waals surface area contributed by atoms with Gasteiger partial charge in [0, 0.05) is 5.30 Å². The Morgan fingerprint density at radius 1 is 0.679 bits per heavy atom. The van der Waals surface area contributed by atoms with E-state index in [4.69, 9.17) is 0 Å². The summed E-state index contributed by atoms with van der Waals surface area (Å²) >= 11 is 0. The van der Waals surface area contributed by atoms with Crippen LogP contribution in [0.1, 0.15) is 57.7 Å². The Balaban J connectivity index is 1.69. The molecule has 0 spiro atoms. The van der Waals surface area contributed by atoms with Crippen LogP contribution in [-0.2, 0) is 0 Å². The summed E-state index contributed by atoms with van der Waals surface area (Å²) in [5, 5.41) is 3.06. The molecule has 0 aliphatic heterocycles. The van der Waals surface area contributed by atoms with Crippen molar-refractivity contribution >= 4 is 8.19 Å². The summed E-state index contributed by atoms with van der Waals surface area (Å²) < 4.78 is 0. The molecule has 0 N–H and O–H groups in total. The molecule has 4 rings (SSSR count). The second-order valence-corrected chi connectivity index (χ2v) is 10.5. The van der Waals surface area contributed by atoms with E-state index in [2.05, 4.69) is 93.6 Å². The van der Waals surface area contributed by atoms with E-state index in [1.807, 2.05) is 0 Å². The first kappa shape index (κ1) is 19.4. The predicted molar refractivity (Wildman–Crippen MR) is 124 cm³/mol. The molecule has 1 aromatic heterocycles. The summed E-state index contributed by atoms with van der Waals surface area (Å²) in [7, 11) is 1.40. The fourth-order valence-corrected chi connectivity index (χ4v) is 5.97. The van der Waals surface area contributed by atoms with Gasteiger partial charge in [0.05, 0.1) is 0 Å². The van der Waals surface area contributed by atoms with E-state index in [0.29, 0.717) is 5.41 Å². The zero-order valence-electron chi connectivity index (χ0n) is 17.4. The first-order chi connectivity index (χ1) is 13.5. The summed E-state index contributed by atoms with van der Waals surface area (Å²) in [5.41, 5.74) is 4.49. The van der Waals surface area contributed by atoms with Gasteiger partial charge in [-0.05, 0) is 77.1 Å². The molecule has 0 atom stereocenters. The molecule has 0 amide bonds. The molecule has 28 heavy (non-hydrogen) atoms. The van der Waals surface area contributed by atoms with Crippen molar-refractivity contribution in [2.24, 2.45) is 11.3 Å². The van der Waals surface area contributed by atoms with Crippen molar-refractivity contribution in [2.45, 2.75) is 52.4 Å². The largest absolute Gasteiger partial charge is 0.0639 e. The molecule has 0 saturated heterocycles. The maximum absolute atomic E-state index is 2.49. The van der Waals surface area contributed by atoms with E-state index in [1.54, 1.807) is 5.30 Å². The first-order valence-electron chi connectivity index (χ1n) is 10.6. The average Bonchev–Trinajstić information content (AvgIpc) is 2.74. The highest BCUT2D eigenvalue weighted by atomic mass is 31.0. The number of rotatable bonds is 3. The molecular weight excluding hydrogens is 355 g/mol. The SMILES string of the molecule is CC(C)(C)C1CCC(c2cc(-c3ccccc3)cc(-c3ccccc3)p2)CC1. The van der Waals surface area contributed by atoms with Crippen LogP contribution in [0.2, 0.25) is 0 Å². The standard InChI is InChI=1S/C27H31P/c1-27(2,3)24-16-14-22(15-17-24)26-19-23(20-10-6-4-7-11-20)18-25(28-26)21-12-8-5-9-13-21/h4-13,18-19,22,24H,14-17H2,1-3H3. The lowest BCUT2D eigenvalue weighted by molar-refractivity contribution is 0.170. The van der Waals surface area contributed by atoms with Crippen LogP contribution in [-0.4, -0.2) is 0 Å². The number of benzene rings is 2. The third kappa shape index (κ3) is 4.39. The van der Waals surface area contributed by atoms with Crippen molar-refractivity contribution in [3.05, 3.63) is 78.1 Å². The van der Waals surface area contributed by atoms with E-state index < -0.39 is 0 Å². The van der Waals surface area contributed by atoms with Gasteiger partial charge in [-0.15, -0.1) is 0 Å². The molecule has 0 nitrogen and oxygen atoms in total. The molecule has 144 valence electrons. The Morgan fingerprint density at radius 2 is 1.25 bits per heavy atom. The quantitative estimate of drug-likeness (QED) is 0.421. The van der Waals surface area contributed by atoms with E-state index in [9.17, 15) is 0 Å². The Morgan fingerprint density at radius 3 is 1.82 bits per heavy atom. The Labute approximate surface area is 172 Å². The second-order valence-electron chi connectivity index (χ2n) is 9.31. The van der Waals surface area contributed by atoms with Crippen molar-refractivity contribution in [1.82, 2.24) is 0 Å². The molecule has 1 aliphatic carbocycles. The van der Waals surface area contributed by atoms with Crippen molar-refractivity contribution in [3.63, 3.8) is 0 Å². The molecule has 1 saturated carbocycles. The summed E-state index contributed by atoms with van der Waals surface area (Å²) in [6, 6.07) is 26.7. The van der Waals surface area contributed by atoms with E-state index >= 15 is 0 Å². The van der Waals surface area contributed by atoms with E-state index in [1.165, 1.54) is 55.9 Å². The van der Waals surface area contributed by atoms with Crippen molar-refractivity contribution < 1.29 is 0 Å². The van der Waals surface area contributed by atoms with Gasteiger partial charge in [0.25, 0.3) is 0 Å². The molecule has 1 aliphatic rings. The second kappa shape index (κ2) is 8.22. The lowest BCUT2D eigenvalue weighted by Crippen LogP contribution is -2.25. The Kier molecular flexibility index (Phi) is 5.70. The minimum absolute atomic E-state index is 0.444. The molecular formula is C27H31P. The molecule has 0 unspecified atom stereocenters. The zero-order valence-corrected chi connectivity index (χ0v) is 18.3. The van der Waals surface area contributed by atoms with Crippen LogP contribution in [0.15, 0.2) is 72.8 Å². The third-order valence-electron chi connectivity index (χ3n) is 6.39. The highest BCUT2D eigenvalue weighted by molar-refractivity contribution is 7.34. The smallest absolute Gasteiger partial charge is 0.00991 e. The highest BCUT2D eigenvalue weighted by Gasteiger charge is 2.30. The minimum Gasteiger partial charge on any atom is -0.0639 e. The van der Waals surface area contributed by atoms with Crippen molar-refractivity contribution in [2.75, 3.05) is 0 Å². The van der Waals surface area contributed by atoms with Gasteiger partial charge in [-0.1, -0.05) is 89.6 Å². The highest BCUT2D eigenvalue weighted by Crippen LogP contribution is 2.47. The van der Waals surface area contributed by atoms with Gasteiger partial charge in [-0.3, -0.25) is 0 Å². The molecule has 1 heterocycles. The summed E-state index contributed by atoms with van der Waals surface area (Å²) in [6.45, 7) is 7.23. The Bertz CT molecular complexity index is 840. The molecule has 0 radical (unpaired) electrons. The Hall–Kier alpha value is -1.91. The van der Waals surface area contributed by atoms with Crippen molar-refractivity contribution in [3.8, 4) is 22.0 Å². The lowest BCUT2D eigenvalue weighted by atomic mass is 9.69. The van der Waals surface area contributed by atoms with Crippen LogP contribution in [0.5, 0.6) is 0 Å².